The van der Waals surface area contributed by atoms with E-state index < -0.39 is 11.4 Å². The normalized spacial score (nSPS) is 20.6. The third-order valence-corrected chi connectivity index (χ3v) is 6.30. The first-order valence-corrected chi connectivity index (χ1v) is 10.1. The molecule has 160 valence electrons. The molecule has 0 aliphatic carbocycles. The van der Waals surface area contributed by atoms with Crippen molar-refractivity contribution in [3.63, 3.8) is 0 Å². The van der Waals surface area contributed by atoms with Crippen LogP contribution in [0.2, 0.25) is 0 Å². The van der Waals surface area contributed by atoms with Crippen LogP contribution in [0.5, 0.6) is 11.5 Å². The van der Waals surface area contributed by atoms with Crippen molar-refractivity contribution in [3.8, 4) is 17.2 Å². The highest BCUT2D eigenvalue weighted by Crippen LogP contribution is 2.34. The van der Waals surface area contributed by atoms with Crippen LogP contribution in [0.4, 0.5) is 0 Å². The molecule has 0 radical (unpaired) electrons. The molecular weight excluding hydrogens is 384 g/mol. The maximum Gasteiger partial charge on any atom is 0.255 e. The van der Waals surface area contributed by atoms with E-state index in [9.17, 15) is 9.59 Å². The SMILES string of the molecule is Cc1cc(C(=O)N2CCC(C(N)=O)(N(C)C)C2)c(C)n1-c1ccc2c(c1)OCCO2. The van der Waals surface area contributed by atoms with Gasteiger partial charge in [-0.05, 0) is 52.6 Å². The fourth-order valence-electron chi connectivity index (χ4n) is 4.47. The molecule has 8 heteroatoms. The number of nitrogens with zero attached hydrogens (tertiary/aromatic N) is 3. The average Bonchev–Trinajstić information content (AvgIpc) is 3.30. The lowest BCUT2D eigenvalue weighted by Crippen LogP contribution is -2.56. The van der Waals surface area contributed by atoms with Gasteiger partial charge in [-0.25, -0.2) is 0 Å². The minimum absolute atomic E-state index is 0.0862. The van der Waals surface area contributed by atoms with Crippen molar-refractivity contribution < 1.29 is 19.1 Å². The third-order valence-electron chi connectivity index (χ3n) is 6.30. The summed E-state index contributed by atoms with van der Waals surface area (Å²) in [4.78, 5) is 29.0. The molecule has 1 fully saturated rings. The molecule has 0 bridgehead atoms. The van der Waals surface area contributed by atoms with Crippen molar-refractivity contribution >= 4 is 11.8 Å². The van der Waals surface area contributed by atoms with Crippen LogP contribution >= 0.6 is 0 Å². The summed E-state index contributed by atoms with van der Waals surface area (Å²) in [6.45, 7) is 5.75. The van der Waals surface area contributed by atoms with E-state index in [-0.39, 0.29) is 5.91 Å². The second-order valence-electron chi connectivity index (χ2n) is 8.22. The number of benzene rings is 1. The van der Waals surface area contributed by atoms with Crippen molar-refractivity contribution in [1.29, 1.82) is 0 Å². The highest BCUT2D eigenvalue weighted by atomic mass is 16.6. The lowest BCUT2D eigenvalue weighted by molar-refractivity contribution is -0.127. The molecule has 1 saturated heterocycles. The first kappa shape index (κ1) is 20.3. The molecule has 8 nitrogen and oxygen atoms in total. The summed E-state index contributed by atoms with van der Waals surface area (Å²) in [7, 11) is 3.65. The number of aryl methyl sites for hydroxylation is 1. The van der Waals surface area contributed by atoms with Crippen molar-refractivity contribution in [1.82, 2.24) is 14.4 Å². The Morgan fingerprint density at radius 2 is 1.80 bits per heavy atom. The predicted molar refractivity (Wildman–Crippen MR) is 112 cm³/mol. The highest BCUT2D eigenvalue weighted by molar-refractivity contribution is 5.97. The summed E-state index contributed by atoms with van der Waals surface area (Å²) in [5.74, 6) is 0.949. The fraction of sp³-hybridized carbons (Fsp3) is 0.455. The Kier molecular flexibility index (Phi) is 4.97. The number of fused-ring (bicyclic) bond motifs is 1. The number of nitrogens with two attached hydrogens (primary N) is 1. The summed E-state index contributed by atoms with van der Waals surface area (Å²) in [6.07, 6.45) is 0.530. The molecule has 1 aromatic heterocycles. The van der Waals surface area contributed by atoms with E-state index in [2.05, 4.69) is 0 Å². The molecular formula is C22H28N4O4. The van der Waals surface area contributed by atoms with Crippen LogP contribution in [-0.4, -0.2) is 72.1 Å². The van der Waals surface area contributed by atoms with Crippen LogP contribution < -0.4 is 15.2 Å². The molecule has 2 amide bonds. The number of likely N-dealkylation sites (tertiary alicyclic amines) is 1. The molecule has 1 aromatic carbocycles. The molecule has 1 unspecified atom stereocenters. The van der Waals surface area contributed by atoms with Gasteiger partial charge in [-0.2, -0.15) is 0 Å². The zero-order valence-electron chi connectivity index (χ0n) is 17.9. The maximum absolute atomic E-state index is 13.3. The lowest BCUT2D eigenvalue weighted by Gasteiger charge is -2.32. The van der Waals surface area contributed by atoms with Gasteiger partial charge in [0.25, 0.3) is 5.91 Å². The topological polar surface area (TPSA) is 90.0 Å². The summed E-state index contributed by atoms with van der Waals surface area (Å²) >= 11 is 0. The third kappa shape index (κ3) is 3.11. The minimum atomic E-state index is -0.822. The zero-order chi connectivity index (χ0) is 21.6. The van der Waals surface area contributed by atoms with Crippen molar-refractivity contribution in [2.45, 2.75) is 25.8 Å². The Bertz CT molecular complexity index is 1010. The van der Waals surface area contributed by atoms with Gasteiger partial charge in [0.2, 0.25) is 5.91 Å². The van der Waals surface area contributed by atoms with E-state index in [1.807, 2.05) is 61.7 Å². The number of rotatable bonds is 4. The van der Waals surface area contributed by atoms with Crippen LogP contribution in [0.15, 0.2) is 24.3 Å². The molecule has 2 N–H and O–H groups in total. The number of primary amides is 1. The zero-order valence-corrected chi connectivity index (χ0v) is 17.9. The van der Waals surface area contributed by atoms with Crippen molar-refractivity contribution in [3.05, 3.63) is 41.2 Å². The Morgan fingerprint density at radius 1 is 1.10 bits per heavy atom. The van der Waals surface area contributed by atoms with Gasteiger partial charge >= 0.3 is 0 Å². The summed E-state index contributed by atoms with van der Waals surface area (Å²) in [5, 5.41) is 0. The van der Waals surface area contributed by atoms with Gasteiger partial charge in [-0.15, -0.1) is 0 Å². The summed E-state index contributed by atoms with van der Waals surface area (Å²) < 4.78 is 13.4. The first-order valence-electron chi connectivity index (χ1n) is 10.1. The summed E-state index contributed by atoms with van der Waals surface area (Å²) in [5.41, 5.74) is 8.18. The molecule has 2 aliphatic heterocycles. The van der Waals surface area contributed by atoms with Gasteiger partial charge in [0, 0.05) is 36.2 Å². The van der Waals surface area contributed by atoms with E-state index in [1.54, 1.807) is 4.90 Å². The second-order valence-corrected chi connectivity index (χ2v) is 8.22. The van der Waals surface area contributed by atoms with Crippen molar-refractivity contribution in [2.75, 3.05) is 40.4 Å². The maximum atomic E-state index is 13.3. The van der Waals surface area contributed by atoms with Crippen LogP contribution in [0, 0.1) is 13.8 Å². The molecule has 3 heterocycles. The Labute approximate surface area is 176 Å². The fourth-order valence-corrected chi connectivity index (χ4v) is 4.47. The Morgan fingerprint density at radius 3 is 2.43 bits per heavy atom. The Balaban J connectivity index is 1.64. The van der Waals surface area contributed by atoms with E-state index >= 15 is 0 Å². The number of amides is 2. The van der Waals surface area contributed by atoms with Gasteiger partial charge in [0.1, 0.15) is 18.8 Å². The number of carbonyl (C=O) groups is 2. The van der Waals surface area contributed by atoms with E-state index in [0.717, 1.165) is 22.8 Å². The molecule has 0 saturated carbocycles. The number of carbonyl (C=O) groups excluding carboxylic acids is 2. The number of hydrogen-bond donors (Lipinski definition) is 1. The van der Waals surface area contributed by atoms with E-state index in [4.69, 9.17) is 15.2 Å². The van der Waals surface area contributed by atoms with Crippen molar-refractivity contribution in [2.24, 2.45) is 5.73 Å². The predicted octanol–water partition coefficient (Wildman–Crippen LogP) is 1.50. The number of aromatic nitrogens is 1. The standard InChI is InChI=1S/C22H28N4O4/c1-14-11-17(20(27)25-8-7-22(13-25,21(23)28)24(3)4)15(2)26(14)16-5-6-18-19(12-16)30-10-9-29-18/h5-6,11-12H,7-10,13H2,1-4H3,(H2,23,28). The molecule has 2 aromatic rings. The minimum Gasteiger partial charge on any atom is -0.486 e. The van der Waals surface area contributed by atoms with E-state index in [0.29, 0.717) is 44.0 Å². The van der Waals surface area contributed by atoms with Gasteiger partial charge in [-0.1, -0.05) is 0 Å². The van der Waals surface area contributed by atoms with Crippen LogP contribution in [0.1, 0.15) is 28.2 Å². The first-order chi connectivity index (χ1) is 14.2. The van der Waals surface area contributed by atoms with Gasteiger partial charge in [0.05, 0.1) is 5.56 Å². The average molecular weight is 412 g/mol. The molecule has 4 rings (SSSR count). The van der Waals surface area contributed by atoms with Crippen LogP contribution in [-0.2, 0) is 4.79 Å². The van der Waals surface area contributed by atoms with Crippen LogP contribution in [0.25, 0.3) is 5.69 Å². The second kappa shape index (κ2) is 7.36. The Hall–Kier alpha value is -3.00. The molecule has 30 heavy (non-hydrogen) atoms. The molecule has 0 spiro atoms. The van der Waals surface area contributed by atoms with Gasteiger partial charge < -0.3 is 24.7 Å². The van der Waals surface area contributed by atoms with Gasteiger partial charge in [0.15, 0.2) is 11.5 Å². The monoisotopic (exact) mass is 412 g/mol. The highest BCUT2D eigenvalue weighted by Gasteiger charge is 2.47. The number of ether oxygens (including phenoxy) is 2. The molecule has 2 aliphatic rings. The lowest BCUT2D eigenvalue weighted by atomic mass is 9.96. The largest absolute Gasteiger partial charge is 0.486 e. The smallest absolute Gasteiger partial charge is 0.255 e. The molecule has 1 atom stereocenters. The number of likely N-dealkylation sites (N-methyl/N-ethyl adjacent to an activating group) is 1. The van der Waals surface area contributed by atoms with E-state index in [1.165, 1.54) is 0 Å². The summed E-state index contributed by atoms with van der Waals surface area (Å²) in [6, 6.07) is 7.68. The quantitative estimate of drug-likeness (QED) is 0.822. The van der Waals surface area contributed by atoms with Gasteiger partial charge in [-0.3, -0.25) is 14.5 Å². The van der Waals surface area contributed by atoms with Crippen LogP contribution in [0.3, 0.4) is 0 Å². The number of hydrogen-bond acceptors (Lipinski definition) is 5.